The number of aliphatic carboxylic acids is 1. The highest BCUT2D eigenvalue weighted by Crippen LogP contribution is 2.28. The summed E-state index contributed by atoms with van der Waals surface area (Å²) in [5, 5.41) is 8.56. The number of hydrogen-bond acceptors (Lipinski definition) is 5. The Balaban J connectivity index is 2.06. The zero-order valence-electron chi connectivity index (χ0n) is 13.9. The average Bonchev–Trinajstić information content (AvgIpc) is 2.64. The molecule has 2 rings (SSSR count). The number of benzene rings is 2. The van der Waals surface area contributed by atoms with Crippen molar-refractivity contribution in [3.05, 3.63) is 59.7 Å². The van der Waals surface area contributed by atoms with Crippen molar-refractivity contribution in [1.82, 2.24) is 0 Å². The fraction of sp³-hybridized carbons (Fsp3) is 0.158. The van der Waals surface area contributed by atoms with E-state index in [2.05, 4.69) is 0 Å². The molecule has 1 N–H and O–H groups in total. The van der Waals surface area contributed by atoms with Crippen LogP contribution in [-0.4, -0.2) is 37.7 Å². The van der Waals surface area contributed by atoms with Gasteiger partial charge in [-0.05, 0) is 48.0 Å². The summed E-state index contributed by atoms with van der Waals surface area (Å²) in [6, 6.07) is 11.6. The Kier molecular flexibility index (Phi) is 6.17. The molecule has 0 bridgehead atoms. The molecule has 0 spiro atoms. The maximum absolute atomic E-state index is 12.2. The van der Waals surface area contributed by atoms with Gasteiger partial charge in [-0.25, -0.2) is 4.79 Å². The second-order valence-corrected chi connectivity index (χ2v) is 5.02. The minimum atomic E-state index is -1.06. The molecule has 6 heteroatoms. The van der Waals surface area contributed by atoms with E-state index >= 15 is 0 Å². The molecule has 0 aromatic heterocycles. The number of allylic oxidation sites excluding steroid dienone is 1. The lowest BCUT2D eigenvalue weighted by Gasteiger charge is -2.07. The summed E-state index contributed by atoms with van der Waals surface area (Å²) < 4.78 is 15.4. The highest BCUT2D eigenvalue weighted by molar-refractivity contribution is 6.06. The molecule has 130 valence electrons. The van der Waals surface area contributed by atoms with Crippen molar-refractivity contribution in [3.8, 4) is 17.2 Å². The first-order valence-electron chi connectivity index (χ1n) is 7.42. The Morgan fingerprint density at radius 1 is 1.00 bits per heavy atom. The summed E-state index contributed by atoms with van der Waals surface area (Å²) in [6.07, 6.45) is 3.13. The van der Waals surface area contributed by atoms with Crippen molar-refractivity contribution in [1.29, 1.82) is 0 Å². The van der Waals surface area contributed by atoms with E-state index in [9.17, 15) is 9.59 Å². The summed E-state index contributed by atoms with van der Waals surface area (Å²) in [5.41, 5.74) is 1.27. The molecule has 2 aromatic rings. The van der Waals surface area contributed by atoms with Crippen LogP contribution in [-0.2, 0) is 4.79 Å². The van der Waals surface area contributed by atoms with Crippen molar-refractivity contribution in [2.45, 2.75) is 0 Å². The quantitative estimate of drug-likeness (QED) is 0.586. The van der Waals surface area contributed by atoms with Crippen LogP contribution in [0, 0.1) is 0 Å². The second-order valence-electron chi connectivity index (χ2n) is 5.02. The zero-order chi connectivity index (χ0) is 18.2. The fourth-order valence-electron chi connectivity index (χ4n) is 2.09. The van der Waals surface area contributed by atoms with Crippen molar-refractivity contribution in [2.75, 3.05) is 20.8 Å². The van der Waals surface area contributed by atoms with Gasteiger partial charge in [0.1, 0.15) is 5.75 Å². The van der Waals surface area contributed by atoms with E-state index < -0.39 is 12.6 Å². The molecule has 0 aliphatic heterocycles. The molecule has 0 unspecified atom stereocenters. The molecule has 25 heavy (non-hydrogen) atoms. The van der Waals surface area contributed by atoms with E-state index in [1.165, 1.54) is 6.08 Å². The molecule has 6 nitrogen and oxygen atoms in total. The van der Waals surface area contributed by atoms with E-state index in [0.29, 0.717) is 22.8 Å². The second kappa shape index (κ2) is 8.54. The highest BCUT2D eigenvalue weighted by atomic mass is 16.5. The van der Waals surface area contributed by atoms with E-state index in [1.807, 2.05) is 6.07 Å². The lowest BCUT2D eigenvalue weighted by atomic mass is 10.1. The van der Waals surface area contributed by atoms with Crippen LogP contribution < -0.4 is 14.2 Å². The van der Waals surface area contributed by atoms with Crippen LogP contribution in [0.3, 0.4) is 0 Å². The van der Waals surface area contributed by atoms with Crippen LogP contribution in [0.15, 0.2) is 48.5 Å². The van der Waals surface area contributed by atoms with E-state index in [1.54, 1.807) is 56.7 Å². The van der Waals surface area contributed by atoms with Crippen LogP contribution in [0.1, 0.15) is 15.9 Å². The van der Waals surface area contributed by atoms with Crippen LogP contribution in [0.4, 0.5) is 0 Å². The molecular formula is C19H18O6. The number of methoxy groups -OCH3 is 2. The van der Waals surface area contributed by atoms with Crippen molar-refractivity contribution >= 4 is 17.8 Å². The molecule has 0 saturated heterocycles. The molecule has 0 radical (unpaired) electrons. The van der Waals surface area contributed by atoms with Gasteiger partial charge in [0.15, 0.2) is 23.9 Å². The fourth-order valence-corrected chi connectivity index (χ4v) is 2.09. The number of rotatable bonds is 8. The third-order valence-corrected chi connectivity index (χ3v) is 3.34. The topological polar surface area (TPSA) is 82.1 Å². The average molecular weight is 342 g/mol. The van der Waals surface area contributed by atoms with Crippen LogP contribution in [0.25, 0.3) is 6.08 Å². The van der Waals surface area contributed by atoms with Gasteiger partial charge in [-0.15, -0.1) is 0 Å². The Morgan fingerprint density at radius 2 is 1.68 bits per heavy atom. The third-order valence-electron chi connectivity index (χ3n) is 3.34. The molecule has 0 aliphatic rings. The minimum absolute atomic E-state index is 0.181. The van der Waals surface area contributed by atoms with Gasteiger partial charge >= 0.3 is 5.97 Å². The monoisotopic (exact) mass is 342 g/mol. The van der Waals surface area contributed by atoms with Gasteiger partial charge in [0.2, 0.25) is 0 Å². The summed E-state index contributed by atoms with van der Waals surface area (Å²) in [4.78, 5) is 22.6. The molecule has 0 amide bonds. The Morgan fingerprint density at radius 3 is 2.28 bits per heavy atom. The van der Waals surface area contributed by atoms with Gasteiger partial charge < -0.3 is 19.3 Å². The van der Waals surface area contributed by atoms with Gasteiger partial charge in [0, 0.05) is 5.56 Å². The normalized spacial score (nSPS) is 10.5. The number of carbonyl (C=O) groups is 2. The summed E-state index contributed by atoms with van der Waals surface area (Å²) >= 11 is 0. The third kappa shape index (κ3) is 5.10. The highest BCUT2D eigenvalue weighted by Gasteiger charge is 2.05. The van der Waals surface area contributed by atoms with Crippen molar-refractivity contribution in [3.63, 3.8) is 0 Å². The van der Waals surface area contributed by atoms with E-state index in [0.717, 1.165) is 5.56 Å². The molecule has 0 heterocycles. The van der Waals surface area contributed by atoms with Crippen LogP contribution in [0.5, 0.6) is 17.2 Å². The number of ketones is 1. The van der Waals surface area contributed by atoms with Crippen LogP contribution >= 0.6 is 0 Å². The maximum Gasteiger partial charge on any atom is 0.341 e. The molecule has 2 aromatic carbocycles. The van der Waals surface area contributed by atoms with Crippen LogP contribution in [0.2, 0.25) is 0 Å². The van der Waals surface area contributed by atoms with Gasteiger partial charge in [0.25, 0.3) is 0 Å². The molecule has 0 aliphatic carbocycles. The van der Waals surface area contributed by atoms with Gasteiger partial charge in [-0.2, -0.15) is 0 Å². The van der Waals surface area contributed by atoms with E-state index in [-0.39, 0.29) is 5.78 Å². The molecular weight excluding hydrogens is 324 g/mol. The van der Waals surface area contributed by atoms with Crippen molar-refractivity contribution < 1.29 is 28.9 Å². The number of ether oxygens (including phenoxy) is 3. The first-order valence-corrected chi connectivity index (χ1v) is 7.42. The summed E-state index contributed by atoms with van der Waals surface area (Å²) in [7, 11) is 3.10. The lowest BCUT2D eigenvalue weighted by molar-refractivity contribution is -0.139. The number of carbonyl (C=O) groups excluding carboxylic acids is 1. The first-order chi connectivity index (χ1) is 12.0. The SMILES string of the molecule is COc1ccc(C=CC(=O)c2ccc(OCC(=O)O)cc2)cc1OC. The minimum Gasteiger partial charge on any atom is -0.493 e. The maximum atomic E-state index is 12.2. The summed E-state index contributed by atoms with van der Waals surface area (Å²) in [6.45, 7) is -0.424. The largest absolute Gasteiger partial charge is 0.493 e. The Bertz CT molecular complexity index is 777. The molecule has 0 atom stereocenters. The number of hydrogen-bond donors (Lipinski definition) is 1. The smallest absolute Gasteiger partial charge is 0.341 e. The van der Waals surface area contributed by atoms with Gasteiger partial charge in [-0.1, -0.05) is 12.1 Å². The molecule has 0 saturated carbocycles. The number of carboxylic acid groups (broad SMARTS) is 1. The Labute approximate surface area is 145 Å². The standard InChI is InChI=1S/C19H18O6/c1-23-17-10-4-13(11-18(17)24-2)3-9-16(20)14-5-7-15(8-6-14)25-12-19(21)22/h3-11H,12H2,1-2H3,(H,21,22). The zero-order valence-corrected chi connectivity index (χ0v) is 13.9. The lowest BCUT2D eigenvalue weighted by Crippen LogP contribution is -2.09. The summed E-state index contributed by atoms with van der Waals surface area (Å²) in [5.74, 6) is 0.348. The molecule has 0 fully saturated rings. The first kappa shape index (κ1) is 18.1. The van der Waals surface area contributed by atoms with Crippen molar-refractivity contribution in [2.24, 2.45) is 0 Å². The van der Waals surface area contributed by atoms with Gasteiger partial charge in [-0.3, -0.25) is 4.79 Å². The van der Waals surface area contributed by atoms with E-state index in [4.69, 9.17) is 19.3 Å². The predicted octanol–water partition coefficient (Wildman–Crippen LogP) is 3.06. The predicted molar refractivity (Wildman–Crippen MR) is 92.5 cm³/mol. The van der Waals surface area contributed by atoms with Gasteiger partial charge in [0.05, 0.1) is 14.2 Å². The Hall–Kier alpha value is -3.28. The number of carboxylic acids is 1.